The summed E-state index contributed by atoms with van der Waals surface area (Å²) in [6, 6.07) is 14.2. The van der Waals surface area contributed by atoms with Gasteiger partial charge in [0.25, 0.3) is 5.56 Å². The Labute approximate surface area is 201 Å². The fourth-order valence-corrected chi connectivity index (χ4v) is 5.98. The summed E-state index contributed by atoms with van der Waals surface area (Å²) in [5, 5.41) is 3.42. The van der Waals surface area contributed by atoms with E-state index >= 15 is 0 Å². The molecule has 0 saturated heterocycles. The Morgan fingerprint density at radius 2 is 1.85 bits per heavy atom. The van der Waals surface area contributed by atoms with Gasteiger partial charge in [0, 0.05) is 16.7 Å². The second-order valence-electron chi connectivity index (χ2n) is 8.12. The second-order valence-corrected chi connectivity index (χ2v) is 10.1. The lowest BCUT2D eigenvalue weighted by atomic mass is 9.89. The molecule has 0 unspecified atom stereocenters. The number of methoxy groups -OCH3 is 1. The van der Waals surface area contributed by atoms with Crippen molar-refractivity contribution in [2.75, 3.05) is 19.5 Å². The van der Waals surface area contributed by atoms with E-state index in [4.69, 9.17) is 14.5 Å². The highest BCUT2D eigenvalue weighted by Gasteiger charge is 2.16. The molecule has 0 saturated carbocycles. The number of hydrogen-bond donors (Lipinski definition) is 1. The normalized spacial score (nSPS) is 13.1. The van der Waals surface area contributed by atoms with Gasteiger partial charge in [-0.05, 0) is 73.1 Å². The van der Waals surface area contributed by atoms with E-state index in [0.29, 0.717) is 17.1 Å². The van der Waals surface area contributed by atoms with Gasteiger partial charge < -0.3 is 14.5 Å². The molecule has 2 aromatic heterocycles. The van der Waals surface area contributed by atoms with Gasteiger partial charge in [0.1, 0.15) is 16.3 Å². The number of ether oxygens (including phenoxy) is 2. The average molecular weight is 479 g/mol. The van der Waals surface area contributed by atoms with Crippen LogP contribution in [0.15, 0.2) is 57.8 Å². The van der Waals surface area contributed by atoms with Crippen molar-refractivity contribution >= 4 is 33.3 Å². The monoisotopic (exact) mass is 478 g/mol. The quantitative estimate of drug-likeness (QED) is 0.188. The summed E-state index contributed by atoms with van der Waals surface area (Å²) in [5.74, 6) is 2.45. The molecule has 1 aliphatic carbocycles. The van der Waals surface area contributed by atoms with Crippen LogP contribution in [0.5, 0.6) is 11.5 Å². The molecule has 5 nitrogen and oxygen atoms in total. The Morgan fingerprint density at radius 1 is 1.06 bits per heavy atom. The first kappa shape index (κ1) is 22.0. The molecule has 0 spiro atoms. The van der Waals surface area contributed by atoms with Crippen LogP contribution in [0.4, 0.5) is 0 Å². The van der Waals surface area contributed by atoms with Crippen LogP contribution >= 0.6 is 23.1 Å². The van der Waals surface area contributed by atoms with Gasteiger partial charge in [0.2, 0.25) is 0 Å². The average Bonchev–Trinajstić information content (AvgIpc) is 3.28. The van der Waals surface area contributed by atoms with Crippen LogP contribution in [0.25, 0.3) is 21.3 Å². The van der Waals surface area contributed by atoms with E-state index in [1.165, 1.54) is 35.3 Å². The fraction of sp³-hybridized carbons (Fsp3) is 0.308. The molecule has 4 aromatic rings. The predicted octanol–water partition coefficient (Wildman–Crippen LogP) is 6.10. The molecule has 1 N–H and O–H groups in total. The Hall–Kier alpha value is -2.77. The Kier molecular flexibility index (Phi) is 6.69. The third-order valence-corrected chi connectivity index (χ3v) is 7.77. The second kappa shape index (κ2) is 10.0. The molecule has 5 rings (SSSR count). The zero-order valence-electron chi connectivity index (χ0n) is 18.6. The molecular formula is C26H26N2O3S2. The van der Waals surface area contributed by atoms with Crippen molar-refractivity contribution in [1.82, 2.24) is 9.97 Å². The minimum absolute atomic E-state index is 0.0639. The van der Waals surface area contributed by atoms with Crippen LogP contribution in [0.1, 0.15) is 30.4 Å². The lowest BCUT2D eigenvalue weighted by molar-refractivity contribution is 0.318. The zero-order valence-corrected chi connectivity index (χ0v) is 20.2. The molecule has 2 heterocycles. The predicted molar refractivity (Wildman–Crippen MR) is 136 cm³/mol. The van der Waals surface area contributed by atoms with Crippen LogP contribution in [0.3, 0.4) is 0 Å². The summed E-state index contributed by atoms with van der Waals surface area (Å²) in [4.78, 5) is 21.4. The number of aromatic nitrogens is 2. The highest BCUT2D eigenvalue weighted by molar-refractivity contribution is 7.99. The van der Waals surface area contributed by atoms with Gasteiger partial charge in [-0.25, -0.2) is 4.98 Å². The number of thioether (sulfide) groups is 1. The van der Waals surface area contributed by atoms with E-state index in [1.54, 1.807) is 18.9 Å². The standard InChI is InChI=1S/C26H26N2O3S2/c1-30-20-9-11-21(12-10-20)31-13-4-14-32-26-27-24(29)23-22(16-33-25(23)28-26)19-8-7-17-5-2-3-6-18(17)15-19/h7-12,15-16H,2-6,13-14H2,1H3,(H,27,28,29). The third kappa shape index (κ3) is 4.94. The largest absolute Gasteiger partial charge is 0.497 e. The molecule has 0 radical (unpaired) electrons. The van der Waals surface area contributed by atoms with Gasteiger partial charge >= 0.3 is 0 Å². The van der Waals surface area contributed by atoms with Gasteiger partial charge in [-0.2, -0.15) is 0 Å². The van der Waals surface area contributed by atoms with Gasteiger partial charge in [0.05, 0.1) is 19.1 Å². The van der Waals surface area contributed by atoms with Gasteiger partial charge in [-0.3, -0.25) is 4.79 Å². The summed E-state index contributed by atoms with van der Waals surface area (Å²) in [5.41, 5.74) is 4.91. The number of hydrogen-bond acceptors (Lipinski definition) is 6. The van der Waals surface area contributed by atoms with E-state index in [2.05, 4.69) is 28.6 Å². The van der Waals surface area contributed by atoms with E-state index in [-0.39, 0.29) is 5.56 Å². The summed E-state index contributed by atoms with van der Waals surface area (Å²) in [6.45, 7) is 0.604. The van der Waals surface area contributed by atoms with Crippen LogP contribution < -0.4 is 15.0 Å². The number of aryl methyl sites for hydroxylation is 2. The van der Waals surface area contributed by atoms with Gasteiger partial charge in [-0.15, -0.1) is 11.3 Å². The van der Waals surface area contributed by atoms with Crippen molar-refractivity contribution in [3.05, 3.63) is 69.3 Å². The van der Waals surface area contributed by atoms with Crippen molar-refractivity contribution in [2.45, 2.75) is 37.3 Å². The Morgan fingerprint density at radius 3 is 2.67 bits per heavy atom. The summed E-state index contributed by atoms with van der Waals surface area (Å²) < 4.78 is 10.9. The zero-order chi connectivity index (χ0) is 22.6. The van der Waals surface area contributed by atoms with Crippen LogP contribution in [0.2, 0.25) is 0 Å². The maximum atomic E-state index is 12.9. The number of nitrogens with one attached hydrogen (secondary N) is 1. The van der Waals surface area contributed by atoms with Crippen molar-refractivity contribution < 1.29 is 9.47 Å². The van der Waals surface area contributed by atoms with E-state index in [9.17, 15) is 4.79 Å². The van der Waals surface area contributed by atoms with Gasteiger partial charge in [-0.1, -0.05) is 30.0 Å². The van der Waals surface area contributed by atoms with Crippen LogP contribution in [-0.4, -0.2) is 29.4 Å². The number of thiophene rings is 1. The lowest BCUT2D eigenvalue weighted by Gasteiger charge is -2.16. The van der Waals surface area contributed by atoms with E-state index in [0.717, 1.165) is 52.5 Å². The minimum atomic E-state index is -0.0639. The molecule has 2 aromatic carbocycles. The molecule has 0 aliphatic heterocycles. The summed E-state index contributed by atoms with van der Waals surface area (Å²) in [6.07, 6.45) is 5.65. The van der Waals surface area contributed by atoms with Crippen molar-refractivity contribution in [3.63, 3.8) is 0 Å². The molecule has 7 heteroatoms. The highest BCUT2D eigenvalue weighted by Crippen LogP contribution is 2.34. The molecule has 0 bridgehead atoms. The fourth-order valence-electron chi connectivity index (χ4n) is 4.20. The van der Waals surface area contributed by atoms with Crippen LogP contribution in [-0.2, 0) is 12.8 Å². The molecule has 33 heavy (non-hydrogen) atoms. The number of rotatable bonds is 8. The Balaban J connectivity index is 1.23. The van der Waals surface area contributed by atoms with Crippen molar-refractivity contribution in [3.8, 4) is 22.6 Å². The first-order valence-corrected chi connectivity index (χ1v) is 13.1. The number of aromatic amines is 1. The smallest absolute Gasteiger partial charge is 0.260 e. The summed E-state index contributed by atoms with van der Waals surface area (Å²) in [7, 11) is 1.65. The number of nitrogens with zero attached hydrogens (tertiary/aromatic N) is 1. The number of H-pyrrole nitrogens is 1. The number of benzene rings is 2. The van der Waals surface area contributed by atoms with Gasteiger partial charge in [0.15, 0.2) is 5.16 Å². The van der Waals surface area contributed by atoms with Crippen molar-refractivity contribution in [1.29, 1.82) is 0 Å². The maximum Gasteiger partial charge on any atom is 0.260 e. The maximum absolute atomic E-state index is 12.9. The third-order valence-electron chi connectivity index (χ3n) is 5.94. The molecule has 0 atom stereocenters. The molecule has 0 amide bonds. The first-order chi connectivity index (χ1) is 16.2. The van der Waals surface area contributed by atoms with Crippen LogP contribution in [0, 0.1) is 0 Å². The van der Waals surface area contributed by atoms with Crippen molar-refractivity contribution in [2.24, 2.45) is 0 Å². The lowest BCUT2D eigenvalue weighted by Crippen LogP contribution is -2.09. The minimum Gasteiger partial charge on any atom is -0.497 e. The SMILES string of the molecule is COc1ccc(OCCCSc2nc3scc(-c4ccc5c(c4)CCCC5)c3c(=O)[nH]2)cc1. The first-order valence-electron chi connectivity index (χ1n) is 11.2. The number of fused-ring (bicyclic) bond motifs is 2. The topological polar surface area (TPSA) is 64.2 Å². The molecular weight excluding hydrogens is 452 g/mol. The highest BCUT2D eigenvalue weighted by atomic mass is 32.2. The molecule has 1 aliphatic rings. The summed E-state index contributed by atoms with van der Waals surface area (Å²) >= 11 is 3.09. The van der Waals surface area contributed by atoms with E-state index < -0.39 is 0 Å². The molecule has 0 fully saturated rings. The molecule has 170 valence electrons. The van der Waals surface area contributed by atoms with E-state index in [1.807, 2.05) is 24.3 Å². The Bertz CT molecular complexity index is 1310.